The number of carbonyl (C=O) groups excluding carboxylic acids is 1. The van der Waals surface area contributed by atoms with E-state index in [0.717, 1.165) is 6.42 Å². The predicted octanol–water partition coefficient (Wildman–Crippen LogP) is 1.16. The van der Waals surface area contributed by atoms with Crippen molar-refractivity contribution in [3.63, 3.8) is 0 Å². The van der Waals surface area contributed by atoms with Crippen molar-refractivity contribution in [3.8, 4) is 5.75 Å². The summed E-state index contributed by atoms with van der Waals surface area (Å²) in [6, 6.07) is 4.86. The smallest absolute Gasteiger partial charge is 0.320 e. The number of rotatable bonds is 10. The van der Waals surface area contributed by atoms with Crippen LogP contribution in [0, 0.1) is 5.82 Å². The topological polar surface area (TPSA) is 87.7 Å². The zero-order valence-corrected chi connectivity index (χ0v) is 12.5. The molecule has 122 valence electrons. The van der Waals surface area contributed by atoms with Gasteiger partial charge in [0.05, 0.1) is 13.1 Å². The highest BCUT2D eigenvalue weighted by Gasteiger charge is 2.16. The first kappa shape index (κ1) is 17.9. The highest BCUT2D eigenvalue weighted by Crippen LogP contribution is 2.10. The third-order valence-electron chi connectivity index (χ3n) is 2.89. The number of carboxylic acid groups (broad SMARTS) is 1. The van der Waals surface area contributed by atoms with E-state index in [1.165, 1.54) is 24.3 Å². The Morgan fingerprint density at radius 3 is 2.59 bits per heavy atom. The van der Waals surface area contributed by atoms with Gasteiger partial charge in [0, 0.05) is 0 Å². The Hall–Kier alpha value is -2.15. The van der Waals surface area contributed by atoms with Gasteiger partial charge in [-0.15, -0.1) is 0 Å². The summed E-state index contributed by atoms with van der Waals surface area (Å²) in [4.78, 5) is 22.5. The van der Waals surface area contributed by atoms with E-state index < -0.39 is 12.0 Å². The van der Waals surface area contributed by atoms with Gasteiger partial charge < -0.3 is 15.2 Å². The van der Waals surface area contributed by atoms with Gasteiger partial charge in [-0.1, -0.05) is 13.3 Å². The van der Waals surface area contributed by atoms with E-state index in [1.807, 2.05) is 6.92 Å². The average Bonchev–Trinajstić information content (AvgIpc) is 2.49. The third-order valence-corrected chi connectivity index (χ3v) is 2.89. The van der Waals surface area contributed by atoms with Gasteiger partial charge in [-0.05, 0) is 30.7 Å². The molecule has 0 heterocycles. The second-order valence-electron chi connectivity index (χ2n) is 4.71. The second kappa shape index (κ2) is 9.73. The van der Waals surface area contributed by atoms with Crippen molar-refractivity contribution in [3.05, 3.63) is 30.1 Å². The Labute approximate surface area is 128 Å². The largest absolute Gasteiger partial charge is 0.492 e. The van der Waals surface area contributed by atoms with Crippen LogP contribution in [0.25, 0.3) is 0 Å². The maximum absolute atomic E-state index is 12.7. The van der Waals surface area contributed by atoms with Gasteiger partial charge >= 0.3 is 5.97 Å². The van der Waals surface area contributed by atoms with Crippen LogP contribution < -0.4 is 15.4 Å². The number of amides is 1. The standard InChI is InChI=1S/C15H21FN2O4/c1-2-3-13(15(20)21)18-10-14(19)17-8-9-22-12-6-4-11(16)5-7-12/h4-7,13,18H,2-3,8-10H2,1H3,(H,17,19)(H,20,21). The molecule has 0 aliphatic heterocycles. The first-order valence-corrected chi connectivity index (χ1v) is 7.14. The molecule has 0 fully saturated rings. The summed E-state index contributed by atoms with van der Waals surface area (Å²) in [5.41, 5.74) is 0. The molecule has 1 aromatic rings. The molecule has 0 saturated heterocycles. The lowest BCUT2D eigenvalue weighted by Gasteiger charge is -2.13. The minimum atomic E-state index is -0.964. The van der Waals surface area contributed by atoms with Crippen LogP contribution in [0.4, 0.5) is 4.39 Å². The summed E-state index contributed by atoms with van der Waals surface area (Å²) in [5, 5.41) is 14.2. The van der Waals surface area contributed by atoms with Crippen molar-refractivity contribution >= 4 is 11.9 Å². The van der Waals surface area contributed by atoms with E-state index in [4.69, 9.17) is 9.84 Å². The molecule has 1 aromatic carbocycles. The summed E-state index contributed by atoms with van der Waals surface area (Å²) in [5.74, 6) is -1.09. The molecule has 0 radical (unpaired) electrons. The van der Waals surface area contributed by atoms with Crippen molar-refractivity contribution in [2.24, 2.45) is 0 Å². The number of ether oxygens (including phenoxy) is 1. The zero-order valence-electron chi connectivity index (χ0n) is 12.5. The van der Waals surface area contributed by atoms with Gasteiger partial charge in [0.15, 0.2) is 0 Å². The molecule has 22 heavy (non-hydrogen) atoms. The molecule has 3 N–H and O–H groups in total. The summed E-state index contributed by atoms with van der Waals surface area (Å²) >= 11 is 0. The van der Waals surface area contributed by atoms with Gasteiger partial charge in [-0.2, -0.15) is 0 Å². The Morgan fingerprint density at radius 2 is 2.00 bits per heavy atom. The van der Waals surface area contributed by atoms with Crippen LogP contribution in [0.2, 0.25) is 0 Å². The van der Waals surface area contributed by atoms with Crippen molar-refractivity contribution in [1.82, 2.24) is 10.6 Å². The fourth-order valence-electron chi connectivity index (χ4n) is 1.77. The van der Waals surface area contributed by atoms with Gasteiger partial charge in [0.1, 0.15) is 24.2 Å². The lowest BCUT2D eigenvalue weighted by molar-refractivity contribution is -0.139. The van der Waals surface area contributed by atoms with Crippen LogP contribution in [-0.2, 0) is 9.59 Å². The van der Waals surface area contributed by atoms with Crippen LogP contribution in [0.15, 0.2) is 24.3 Å². The molecule has 0 saturated carbocycles. The predicted molar refractivity (Wildman–Crippen MR) is 79.2 cm³/mol. The van der Waals surface area contributed by atoms with Crippen molar-refractivity contribution in [1.29, 1.82) is 0 Å². The van der Waals surface area contributed by atoms with Gasteiger partial charge in [-0.25, -0.2) is 4.39 Å². The van der Waals surface area contributed by atoms with E-state index in [2.05, 4.69) is 10.6 Å². The van der Waals surface area contributed by atoms with Crippen LogP contribution in [0.1, 0.15) is 19.8 Å². The summed E-state index contributed by atoms with van der Waals surface area (Å²) in [7, 11) is 0. The lowest BCUT2D eigenvalue weighted by Crippen LogP contribution is -2.43. The summed E-state index contributed by atoms with van der Waals surface area (Å²) in [6.07, 6.45) is 1.19. The Balaban J connectivity index is 2.17. The minimum Gasteiger partial charge on any atom is -0.492 e. The van der Waals surface area contributed by atoms with E-state index in [1.54, 1.807) is 0 Å². The van der Waals surface area contributed by atoms with Crippen LogP contribution >= 0.6 is 0 Å². The molecule has 0 aromatic heterocycles. The molecule has 0 aliphatic rings. The SMILES string of the molecule is CCCC(NCC(=O)NCCOc1ccc(F)cc1)C(=O)O. The maximum Gasteiger partial charge on any atom is 0.320 e. The normalized spacial score (nSPS) is 11.7. The van der Waals surface area contributed by atoms with Crippen LogP contribution in [0.5, 0.6) is 5.75 Å². The maximum atomic E-state index is 12.7. The second-order valence-corrected chi connectivity index (χ2v) is 4.71. The van der Waals surface area contributed by atoms with E-state index in [9.17, 15) is 14.0 Å². The zero-order chi connectivity index (χ0) is 16.4. The van der Waals surface area contributed by atoms with Crippen LogP contribution in [0.3, 0.4) is 0 Å². The van der Waals surface area contributed by atoms with E-state index >= 15 is 0 Å². The summed E-state index contributed by atoms with van der Waals surface area (Å²) in [6.45, 7) is 2.34. The minimum absolute atomic E-state index is 0.0620. The monoisotopic (exact) mass is 312 g/mol. The Bertz CT molecular complexity index is 479. The molecule has 1 amide bonds. The van der Waals surface area contributed by atoms with E-state index in [0.29, 0.717) is 12.2 Å². The molecular formula is C15H21FN2O4. The number of carboxylic acids is 1. The number of carbonyl (C=O) groups is 2. The van der Waals surface area contributed by atoms with Gasteiger partial charge in [0.25, 0.3) is 0 Å². The molecule has 0 bridgehead atoms. The fraction of sp³-hybridized carbons (Fsp3) is 0.467. The Kier molecular flexibility index (Phi) is 7.91. The number of aliphatic carboxylic acids is 1. The van der Waals surface area contributed by atoms with Gasteiger partial charge in [0.2, 0.25) is 5.91 Å². The van der Waals surface area contributed by atoms with Crippen molar-refractivity contribution in [2.45, 2.75) is 25.8 Å². The molecule has 0 aliphatic carbocycles. The summed E-state index contributed by atoms with van der Waals surface area (Å²) < 4.78 is 18.0. The number of hydrogen-bond donors (Lipinski definition) is 3. The first-order valence-electron chi connectivity index (χ1n) is 7.14. The molecule has 1 atom stereocenters. The molecular weight excluding hydrogens is 291 g/mol. The molecule has 0 spiro atoms. The quantitative estimate of drug-likeness (QED) is 0.564. The molecule has 1 rings (SSSR count). The van der Waals surface area contributed by atoms with Crippen LogP contribution in [-0.4, -0.2) is 42.7 Å². The van der Waals surface area contributed by atoms with Crippen molar-refractivity contribution < 1.29 is 23.8 Å². The lowest BCUT2D eigenvalue weighted by atomic mass is 10.2. The number of benzene rings is 1. The highest BCUT2D eigenvalue weighted by atomic mass is 19.1. The number of hydrogen-bond acceptors (Lipinski definition) is 4. The third kappa shape index (κ3) is 7.03. The molecule has 1 unspecified atom stereocenters. The van der Waals surface area contributed by atoms with E-state index in [-0.39, 0.29) is 31.4 Å². The number of nitrogens with one attached hydrogen (secondary N) is 2. The fourth-order valence-corrected chi connectivity index (χ4v) is 1.77. The highest BCUT2D eigenvalue weighted by molar-refractivity contribution is 5.79. The molecule has 7 heteroatoms. The van der Waals surface area contributed by atoms with Gasteiger partial charge in [-0.3, -0.25) is 14.9 Å². The number of halogens is 1. The molecule has 6 nitrogen and oxygen atoms in total. The average molecular weight is 312 g/mol. The first-order chi connectivity index (χ1) is 10.5. The van der Waals surface area contributed by atoms with Crippen molar-refractivity contribution in [2.75, 3.05) is 19.7 Å². The Morgan fingerprint density at radius 1 is 1.32 bits per heavy atom.